The van der Waals surface area contributed by atoms with Crippen LogP contribution < -0.4 is 9.47 Å². The average Bonchev–Trinajstić information content (AvgIpc) is 3.48. The number of imide groups is 1. The molecular weight excluding hydrogens is 552 g/mol. The smallest absolute Gasteiger partial charge is 0.373 e. The third kappa shape index (κ3) is 6.41. The summed E-state index contributed by atoms with van der Waals surface area (Å²) in [5.41, 5.74) is 0.992. The first-order valence-electron chi connectivity index (χ1n) is 11.4. The van der Waals surface area contributed by atoms with E-state index in [2.05, 4.69) is 4.74 Å². The van der Waals surface area contributed by atoms with Gasteiger partial charge in [-0.05, 0) is 60.2 Å². The number of non-ortho nitro benzene ring substituents is 1. The highest BCUT2D eigenvalue weighted by Crippen LogP contribution is 2.40. The van der Waals surface area contributed by atoms with Crippen LogP contribution in [0.2, 0.25) is 5.02 Å². The highest BCUT2D eigenvalue weighted by Gasteiger charge is 2.36. The van der Waals surface area contributed by atoms with E-state index >= 15 is 0 Å². The van der Waals surface area contributed by atoms with Gasteiger partial charge in [-0.3, -0.25) is 24.6 Å². The number of thioether (sulfide) groups is 1. The van der Waals surface area contributed by atoms with Crippen molar-refractivity contribution >= 4 is 52.2 Å². The van der Waals surface area contributed by atoms with E-state index in [9.17, 15) is 24.5 Å². The Labute approximate surface area is 231 Å². The van der Waals surface area contributed by atoms with Gasteiger partial charge in [-0.15, -0.1) is 0 Å². The third-order valence-electron chi connectivity index (χ3n) is 5.37. The predicted molar refractivity (Wildman–Crippen MR) is 142 cm³/mol. The molecule has 1 aliphatic rings. The monoisotopic (exact) mass is 572 g/mol. The molecule has 0 aliphatic carbocycles. The molecule has 0 radical (unpaired) electrons. The minimum atomic E-state index is -0.672. The van der Waals surface area contributed by atoms with Gasteiger partial charge >= 0.3 is 5.97 Å². The summed E-state index contributed by atoms with van der Waals surface area (Å²) >= 11 is 7.23. The Morgan fingerprint density at radius 3 is 2.69 bits per heavy atom. The van der Waals surface area contributed by atoms with Gasteiger partial charge in [0.25, 0.3) is 16.8 Å². The SMILES string of the molecule is CCOc1cc(/C=C2/SC(=O)N(Cc3ccc(C(=O)OC)o3)C2=O)cc(Cl)c1OCc1cccc([N+](=O)[O-])c1. The molecule has 0 atom stereocenters. The molecule has 2 amide bonds. The van der Waals surface area contributed by atoms with E-state index in [4.69, 9.17) is 25.5 Å². The molecule has 2 aromatic carbocycles. The predicted octanol–water partition coefficient (Wildman–Crippen LogP) is 5.84. The average molecular weight is 573 g/mol. The van der Waals surface area contributed by atoms with Crippen molar-refractivity contribution in [2.75, 3.05) is 13.7 Å². The lowest BCUT2D eigenvalue weighted by Gasteiger charge is -2.15. The molecule has 0 spiro atoms. The molecule has 1 aromatic heterocycles. The van der Waals surface area contributed by atoms with Crippen LogP contribution in [0, 0.1) is 10.1 Å². The fraction of sp³-hybridized carbons (Fsp3) is 0.192. The molecule has 0 N–H and O–H groups in total. The number of hydrogen-bond donors (Lipinski definition) is 0. The number of carbonyl (C=O) groups is 3. The van der Waals surface area contributed by atoms with Crippen LogP contribution in [0.5, 0.6) is 11.5 Å². The van der Waals surface area contributed by atoms with Gasteiger partial charge in [0.1, 0.15) is 12.4 Å². The maximum absolute atomic E-state index is 13.0. The molecule has 1 aliphatic heterocycles. The number of ether oxygens (including phenoxy) is 3. The lowest BCUT2D eigenvalue weighted by Crippen LogP contribution is -2.27. The van der Waals surface area contributed by atoms with E-state index in [1.807, 2.05) is 0 Å². The molecule has 39 heavy (non-hydrogen) atoms. The molecular formula is C26H21ClN2O9S. The van der Waals surface area contributed by atoms with Crippen LogP contribution in [-0.2, 0) is 22.7 Å². The van der Waals surface area contributed by atoms with Crippen molar-refractivity contribution in [2.24, 2.45) is 0 Å². The lowest BCUT2D eigenvalue weighted by atomic mass is 10.1. The minimum Gasteiger partial charge on any atom is -0.490 e. The molecule has 11 nitrogen and oxygen atoms in total. The Bertz CT molecular complexity index is 1480. The number of carbonyl (C=O) groups excluding carboxylic acids is 3. The number of methoxy groups -OCH3 is 1. The van der Waals surface area contributed by atoms with Gasteiger partial charge in [-0.2, -0.15) is 0 Å². The Hall–Kier alpha value is -4.29. The summed E-state index contributed by atoms with van der Waals surface area (Å²) < 4.78 is 21.5. The lowest BCUT2D eigenvalue weighted by molar-refractivity contribution is -0.384. The summed E-state index contributed by atoms with van der Waals surface area (Å²) in [5, 5.41) is 10.7. The third-order valence-corrected chi connectivity index (χ3v) is 6.56. The summed E-state index contributed by atoms with van der Waals surface area (Å²) in [5.74, 6) is -0.482. The molecule has 0 saturated carbocycles. The summed E-state index contributed by atoms with van der Waals surface area (Å²) in [4.78, 5) is 48.8. The number of amides is 2. The van der Waals surface area contributed by atoms with Crippen molar-refractivity contribution in [2.45, 2.75) is 20.1 Å². The number of esters is 1. The van der Waals surface area contributed by atoms with Crippen LogP contribution in [0.15, 0.2) is 57.9 Å². The van der Waals surface area contributed by atoms with Gasteiger partial charge in [0, 0.05) is 12.1 Å². The van der Waals surface area contributed by atoms with Crippen molar-refractivity contribution in [1.29, 1.82) is 0 Å². The Morgan fingerprint density at radius 1 is 1.18 bits per heavy atom. The minimum absolute atomic E-state index is 0.00415. The number of hydrogen-bond acceptors (Lipinski definition) is 10. The number of halogens is 1. The maximum Gasteiger partial charge on any atom is 0.373 e. The highest BCUT2D eigenvalue weighted by molar-refractivity contribution is 8.18. The van der Waals surface area contributed by atoms with Crippen LogP contribution in [0.1, 0.15) is 34.4 Å². The first-order chi connectivity index (χ1) is 18.7. The van der Waals surface area contributed by atoms with Gasteiger partial charge in [0.2, 0.25) is 5.76 Å². The second-order valence-electron chi connectivity index (χ2n) is 8.00. The maximum atomic E-state index is 13.0. The van der Waals surface area contributed by atoms with Crippen molar-refractivity contribution in [3.8, 4) is 11.5 Å². The number of furan rings is 1. The van der Waals surface area contributed by atoms with Crippen LogP contribution >= 0.6 is 23.4 Å². The molecule has 4 rings (SSSR count). The molecule has 0 unspecified atom stereocenters. The Morgan fingerprint density at radius 2 is 1.97 bits per heavy atom. The van der Waals surface area contributed by atoms with Gasteiger partial charge in [0.05, 0.1) is 35.1 Å². The topological polar surface area (TPSA) is 138 Å². The van der Waals surface area contributed by atoms with E-state index < -0.39 is 22.0 Å². The van der Waals surface area contributed by atoms with E-state index in [0.29, 0.717) is 23.5 Å². The van der Waals surface area contributed by atoms with Gasteiger partial charge in [-0.1, -0.05) is 23.7 Å². The number of benzene rings is 2. The zero-order valence-corrected chi connectivity index (χ0v) is 22.2. The number of nitro groups is 1. The van der Waals surface area contributed by atoms with Crippen molar-refractivity contribution in [1.82, 2.24) is 4.90 Å². The zero-order chi connectivity index (χ0) is 28.1. The van der Waals surface area contributed by atoms with Gasteiger partial charge in [-0.25, -0.2) is 4.79 Å². The van der Waals surface area contributed by atoms with Gasteiger partial charge < -0.3 is 18.6 Å². The largest absolute Gasteiger partial charge is 0.490 e. The number of rotatable bonds is 10. The first kappa shape index (κ1) is 27.7. The summed E-state index contributed by atoms with van der Waals surface area (Å²) in [6.07, 6.45) is 1.51. The second kappa shape index (κ2) is 12.0. The molecule has 13 heteroatoms. The second-order valence-corrected chi connectivity index (χ2v) is 9.40. The molecule has 0 bridgehead atoms. The Balaban J connectivity index is 1.53. The van der Waals surface area contributed by atoms with Crippen LogP contribution in [0.3, 0.4) is 0 Å². The fourth-order valence-electron chi connectivity index (χ4n) is 3.61. The summed E-state index contributed by atoms with van der Waals surface area (Å²) in [6, 6.07) is 12.1. The zero-order valence-electron chi connectivity index (χ0n) is 20.7. The molecule has 1 fully saturated rings. The normalized spacial score (nSPS) is 14.1. The van der Waals surface area contributed by atoms with E-state index in [1.54, 1.807) is 31.2 Å². The first-order valence-corrected chi connectivity index (χ1v) is 12.6. The Kier molecular flexibility index (Phi) is 8.57. The molecule has 3 aromatic rings. The van der Waals surface area contributed by atoms with Crippen molar-refractivity contribution in [3.63, 3.8) is 0 Å². The fourth-order valence-corrected chi connectivity index (χ4v) is 4.72. The number of nitro benzene ring substituents is 1. The van der Waals surface area contributed by atoms with Crippen LogP contribution in [-0.4, -0.2) is 40.7 Å². The van der Waals surface area contributed by atoms with Gasteiger partial charge in [0.15, 0.2) is 11.5 Å². The summed E-state index contributed by atoms with van der Waals surface area (Å²) in [6.45, 7) is 1.91. The van der Waals surface area contributed by atoms with Crippen molar-refractivity contribution < 1.29 is 37.9 Å². The van der Waals surface area contributed by atoms with Crippen LogP contribution in [0.25, 0.3) is 6.08 Å². The number of nitrogens with zero attached hydrogens (tertiary/aromatic N) is 2. The highest BCUT2D eigenvalue weighted by atomic mass is 35.5. The molecule has 202 valence electrons. The molecule has 2 heterocycles. The standard InChI is InChI=1S/C26H21ClN2O9S/c1-3-36-21-11-16(10-19(27)23(21)37-14-15-5-4-6-17(9-15)29(33)34)12-22-24(30)28(26(32)39-22)13-18-7-8-20(38-18)25(31)35-2/h4-12H,3,13-14H2,1-2H3/b22-12+. The van der Waals surface area contributed by atoms with Crippen LogP contribution in [0.4, 0.5) is 10.5 Å². The van der Waals surface area contributed by atoms with E-state index in [0.717, 1.165) is 16.7 Å². The quantitative estimate of drug-likeness (QED) is 0.126. The molecule has 1 saturated heterocycles. The van der Waals surface area contributed by atoms with E-state index in [1.165, 1.54) is 37.5 Å². The summed E-state index contributed by atoms with van der Waals surface area (Å²) in [7, 11) is 1.21. The van der Waals surface area contributed by atoms with E-state index in [-0.39, 0.29) is 46.0 Å². The van der Waals surface area contributed by atoms with Crippen molar-refractivity contribution in [3.05, 3.63) is 91.2 Å².